The summed E-state index contributed by atoms with van der Waals surface area (Å²) in [6.07, 6.45) is 0. The number of hydrogen-bond donors (Lipinski definition) is 2. The predicted octanol–water partition coefficient (Wildman–Crippen LogP) is -0.411. The third-order valence-corrected chi connectivity index (χ3v) is 10.5. The van der Waals surface area contributed by atoms with Gasteiger partial charge in [-0.15, -0.1) is 22.9 Å². The number of nitrogens with zero attached hydrogens (tertiary/aromatic N) is 1. The van der Waals surface area contributed by atoms with Crippen LogP contribution in [0.3, 0.4) is 0 Å². The van der Waals surface area contributed by atoms with Crippen LogP contribution in [-0.2, 0) is 0 Å². The van der Waals surface area contributed by atoms with Crippen LogP contribution < -0.4 is 45.4 Å². The summed E-state index contributed by atoms with van der Waals surface area (Å²) in [6, 6.07) is 40.4. The summed E-state index contributed by atoms with van der Waals surface area (Å²) in [5.74, 6) is 0.515. The Balaban J connectivity index is 0.000000617. The van der Waals surface area contributed by atoms with Crippen LogP contribution in [0.15, 0.2) is 131 Å². The van der Waals surface area contributed by atoms with Crippen LogP contribution in [0.2, 0.25) is 0 Å². The first-order chi connectivity index (χ1) is 18.2. The van der Waals surface area contributed by atoms with E-state index in [0.29, 0.717) is 16.2 Å². The lowest BCUT2D eigenvalue weighted by molar-refractivity contribution is -2.00. The SMILES string of the molecule is O=c1[nH]c(-c2ccccc2)nc(S)c1[P+](c1ccccc1)(c1ccccc1)c1ccccc1.[O-][Cl+3]([O-])([O-])[O-]. The van der Waals surface area contributed by atoms with E-state index in [1.807, 2.05) is 84.9 Å². The van der Waals surface area contributed by atoms with Gasteiger partial charge in [0, 0.05) is 5.56 Å². The number of aromatic nitrogens is 2. The average Bonchev–Trinajstić information content (AvgIpc) is 2.92. The molecule has 0 unspecified atom stereocenters. The number of aromatic amines is 1. The molecule has 4 aromatic carbocycles. The number of thiol groups is 1. The molecule has 0 atom stereocenters. The van der Waals surface area contributed by atoms with Crippen molar-refractivity contribution < 1.29 is 28.9 Å². The van der Waals surface area contributed by atoms with Gasteiger partial charge in [0.1, 0.15) is 26.8 Å². The molecule has 1 N–H and O–H groups in total. The third kappa shape index (κ3) is 6.20. The Morgan fingerprint density at radius 2 is 0.974 bits per heavy atom. The van der Waals surface area contributed by atoms with Gasteiger partial charge in [-0.1, -0.05) is 84.9 Å². The van der Waals surface area contributed by atoms with E-state index in [9.17, 15) is 4.79 Å². The fraction of sp³-hybridized carbons (Fsp3) is 0. The second-order valence-electron chi connectivity index (χ2n) is 8.01. The highest BCUT2D eigenvalue weighted by atomic mass is 35.7. The molecule has 0 saturated carbocycles. The molecule has 0 spiro atoms. The topological polar surface area (TPSA) is 138 Å². The van der Waals surface area contributed by atoms with Crippen LogP contribution in [0.4, 0.5) is 0 Å². The fourth-order valence-corrected chi connectivity index (χ4v) is 9.17. The summed E-state index contributed by atoms with van der Waals surface area (Å²) in [6.45, 7) is 0. The normalized spacial score (nSPS) is 11.4. The van der Waals surface area contributed by atoms with E-state index in [1.54, 1.807) is 0 Å². The summed E-state index contributed by atoms with van der Waals surface area (Å²) in [5.41, 5.74) is 0.679. The molecule has 0 amide bonds. The van der Waals surface area contributed by atoms with Crippen LogP contribution in [0.5, 0.6) is 0 Å². The molecule has 1 aromatic heterocycles. The van der Waals surface area contributed by atoms with Crippen molar-refractivity contribution in [1.29, 1.82) is 0 Å². The number of halogens is 1. The zero-order valence-corrected chi connectivity index (χ0v) is 22.4. The molecule has 0 saturated heterocycles. The number of benzene rings is 4. The lowest BCUT2D eigenvalue weighted by Crippen LogP contribution is -2.68. The van der Waals surface area contributed by atoms with Gasteiger partial charge < -0.3 is 4.98 Å². The number of nitrogens with one attached hydrogen (secondary N) is 1. The maximum absolute atomic E-state index is 13.9. The van der Waals surface area contributed by atoms with E-state index in [0.717, 1.165) is 21.5 Å². The van der Waals surface area contributed by atoms with Gasteiger partial charge in [0.05, 0.1) is 0 Å². The summed E-state index contributed by atoms with van der Waals surface area (Å²) < 4.78 is 34.0. The lowest BCUT2D eigenvalue weighted by atomic mass is 10.2. The first-order valence-electron chi connectivity index (χ1n) is 11.3. The molecule has 5 rings (SSSR count). The molecule has 0 aliphatic heterocycles. The third-order valence-electron chi connectivity index (χ3n) is 5.69. The Kier molecular flexibility index (Phi) is 8.76. The molecular formula is C28H22ClN2O5PS. The summed E-state index contributed by atoms with van der Waals surface area (Å²) in [5, 5.41) is 4.30. The molecule has 0 aliphatic rings. The molecule has 1 heterocycles. The second kappa shape index (κ2) is 12.0. The summed E-state index contributed by atoms with van der Waals surface area (Å²) in [4.78, 5) is 21.7. The van der Waals surface area contributed by atoms with Gasteiger partial charge in [-0.2, -0.15) is 0 Å². The Morgan fingerprint density at radius 3 is 1.32 bits per heavy atom. The van der Waals surface area contributed by atoms with Crippen LogP contribution in [0.25, 0.3) is 11.4 Å². The Morgan fingerprint density at radius 1 is 0.632 bits per heavy atom. The fourth-order valence-electron chi connectivity index (χ4n) is 4.28. The molecular weight excluding hydrogens is 543 g/mol. The van der Waals surface area contributed by atoms with Gasteiger partial charge in [0.2, 0.25) is 5.30 Å². The maximum Gasteiger partial charge on any atom is 0.296 e. The van der Waals surface area contributed by atoms with E-state index >= 15 is 0 Å². The van der Waals surface area contributed by atoms with E-state index in [4.69, 9.17) is 36.2 Å². The monoisotopic (exact) mass is 564 g/mol. The van der Waals surface area contributed by atoms with Crippen LogP contribution >= 0.6 is 19.9 Å². The van der Waals surface area contributed by atoms with Crippen LogP contribution in [-0.4, -0.2) is 9.97 Å². The van der Waals surface area contributed by atoms with Crippen LogP contribution in [0, 0.1) is 10.2 Å². The molecule has 5 aromatic rings. The highest BCUT2D eigenvalue weighted by Gasteiger charge is 2.51. The molecule has 0 radical (unpaired) electrons. The quantitative estimate of drug-likeness (QED) is 0.169. The first-order valence-corrected chi connectivity index (χ1v) is 14.7. The lowest BCUT2D eigenvalue weighted by Gasteiger charge is -2.27. The highest BCUT2D eigenvalue weighted by molar-refractivity contribution is 8.02. The van der Waals surface area contributed by atoms with Gasteiger partial charge >= 0.3 is 0 Å². The maximum atomic E-state index is 13.9. The van der Waals surface area contributed by atoms with Gasteiger partial charge in [0.25, 0.3) is 5.56 Å². The zero-order valence-electron chi connectivity index (χ0n) is 19.8. The molecule has 10 heteroatoms. The van der Waals surface area contributed by atoms with Gasteiger partial charge in [0.15, 0.2) is 7.26 Å². The predicted molar refractivity (Wildman–Crippen MR) is 142 cm³/mol. The number of H-pyrrole nitrogens is 1. The van der Waals surface area contributed by atoms with Gasteiger partial charge in [-0.05, 0) is 36.4 Å². The summed E-state index contributed by atoms with van der Waals surface area (Å²) >= 11 is 4.83. The molecule has 0 bridgehead atoms. The Hall–Kier alpha value is -3.33. The van der Waals surface area contributed by atoms with E-state index in [1.165, 1.54) is 0 Å². The first kappa shape index (κ1) is 27.7. The minimum Gasteiger partial charge on any atom is -0.303 e. The van der Waals surface area contributed by atoms with Crippen molar-refractivity contribution in [3.05, 3.63) is 132 Å². The minimum absolute atomic E-state index is 0.168. The number of hydrogen-bond acceptors (Lipinski definition) is 7. The molecule has 7 nitrogen and oxygen atoms in total. The van der Waals surface area contributed by atoms with Crippen molar-refractivity contribution in [2.75, 3.05) is 0 Å². The Labute approximate surface area is 227 Å². The zero-order chi connectivity index (χ0) is 27.2. The molecule has 192 valence electrons. The second-order valence-corrected chi connectivity index (χ2v) is 12.5. The van der Waals surface area contributed by atoms with Gasteiger partial charge in [-0.3, -0.25) is 4.79 Å². The van der Waals surface area contributed by atoms with Gasteiger partial charge in [-0.25, -0.2) is 23.6 Å². The van der Waals surface area contributed by atoms with E-state index < -0.39 is 17.5 Å². The van der Waals surface area contributed by atoms with Crippen molar-refractivity contribution in [3.63, 3.8) is 0 Å². The highest BCUT2D eigenvalue weighted by Crippen LogP contribution is 2.54. The largest absolute Gasteiger partial charge is 0.303 e. The van der Waals surface area contributed by atoms with Crippen molar-refractivity contribution in [1.82, 2.24) is 9.97 Å². The average molecular weight is 565 g/mol. The van der Waals surface area contributed by atoms with Crippen molar-refractivity contribution in [2.24, 2.45) is 0 Å². The van der Waals surface area contributed by atoms with E-state index in [-0.39, 0.29) is 5.56 Å². The minimum atomic E-state index is -4.94. The van der Waals surface area contributed by atoms with Crippen molar-refractivity contribution >= 4 is 41.1 Å². The Bertz CT molecular complexity index is 1430. The molecule has 0 aliphatic carbocycles. The number of rotatable bonds is 5. The van der Waals surface area contributed by atoms with Crippen molar-refractivity contribution in [3.8, 4) is 11.4 Å². The summed E-state index contributed by atoms with van der Waals surface area (Å²) in [7, 11) is -7.52. The smallest absolute Gasteiger partial charge is 0.296 e. The standard InChI is InChI=1S/C28H21N2OPS.ClHO4/c31-27-25(28(33)30-26(29-27)21-13-5-1-6-14-21)32(22-15-7-2-8-16-22,23-17-9-3-10-18-23)24-19-11-4-12-20-24;2-1(3,4)5/h1-20H,(H-,29,30,31,33);(H,2,3,4,5). The van der Waals surface area contributed by atoms with Crippen molar-refractivity contribution in [2.45, 2.75) is 5.03 Å². The van der Waals surface area contributed by atoms with Crippen LogP contribution in [0.1, 0.15) is 0 Å². The van der Waals surface area contributed by atoms with E-state index in [2.05, 4.69) is 41.4 Å². The molecule has 0 fully saturated rings. The molecule has 38 heavy (non-hydrogen) atoms.